The summed E-state index contributed by atoms with van der Waals surface area (Å²) in [6.45, 7) is 0. The molecule has 0 spiro atoms. The first-order chi connectivity index (χ1) is 13.7. The highest BCUT2D eigenvalue weighted by atomic mass is 127. The fourth-order valence-electron chi connectivity index (χ4n) is 2.62. The molecule has 29 heavy (non-hydrogen) atoms. The number of carbonyl (C=O) groups excluding carboxylic acids is 1. The van der Waals surface area contributed by atoms with Crippen molar-refractivity contribution < 1.29 is 19.4 Å². The number of rotatable bonds is 5. The summed E-state index contributed by atoms with van der Waals surface area (Å²) in [7, 11) is 1.59. The highest BCUT2D eigenvalue weighted by molar-refractivity contribution is 14.1. The molecule has 0 bridgehead atoms. The molecule has 0 atom stereocenters. The Kier molecular flexibility index (Phi) is 7.83. The van der Waals surface area contributed by atoms with E-state index in [0.717, 1.165) is 20.7 Å². The van der Waals surface area contributed by atoms with Crippen molar-refractivity contribution >= 4 is 113 Å². The number of hydrogen-bond acceptors (Lipinski definition) is 4. The van der Waals surface area contributed by atoms with Crippen LogP contribution < -0.4 is 10.1 Å². The molecule has 1 amide bonds. The lowest BCUT2D eigenvalue weighted by Crippen LogP contribution is -2.16. The maximum atomic E-state index is 13.0. The van der Waals surface area contributed by atoms with Crippen LogP contribution >= 0.6 is 95.0 Å². The van der Waals surface area contributed by atoms with E-state index in [1.165, 1.54) is 11.3 Å². The van der Waals surface area contributed by atoms with Crippen molar-refractivity contribution in [2.24, 2.45) is 0 Å². The number of ether oxygens (including phenoxy) is 1. The van der Waals surface area contributed by atoms with Gasteiger partial charge in [0.25, 0.3) is 5.91 Å². The number of benzene rings is 2. The molecule has 0 saturated heterocycles. The van der Waals surface area contributed by atoms with Crippen molar-refractivity contribution in [1.29, 1.82) is 0 Å². The molecule has 0 radical (unpaired) electrons. The fraction of sp³-hybridized carbons (Fsp3) is 0.0526. The first kappa shape index (κ1) is 23.2. The minimum Gasteiger partial charge on any atom is -0.494 e. The van der Waals surface area contributed by atoms with Gasteiger partial charge >= 0.3 is 5.97 Å². The maximum absolute atomic E-state index is 13.0. The summed E-state index contributed by atoms with van der Waals surface area (Å²) in [6.07, 6.45) is 0. The zero-order chi connectivity index (χ0) is 21.3. The summed E-state index contributed by atoms with van der Waals surface area (Å²) in [6, 6.07) is 9.13. The number of halogens is 4. The Bertz CT molecular complexity index is 1130. The van der Waals surface area contributed by atoms with E-state index in [1.54, 1.807) is 18.6 Å². The molecule has 2 N–H and O–H groups in total. The minimum absolute atomic E-state index is 0.0781. The number of anilines is 1. The van der Waals surface area contributed by atoms with Crippen LogP contribution in [0.2, 0.25) is 0 Å². The number of nitrogens with one attached hydrogen (secondary N) is 1. The van der Waals surface area contributed by atoms with Crippen LogP contribution in [0.3, 0.4) is 0 Å². The highest BCUT2D eigenvalue weighted by Gasteiger charge is 2.24. The van der Waals surface area contributed by atoms with E-state index in [-0.39, 0.29) is 17.2 Å². The van der Waals surface area contributed by atoms with Gasteiger partial charge < -0.3 is 15.2 Å². The Morgan fingerprint density at radius 2 is 1.90 bits per heavy atom. The molecule has 0 fully saturated rings. The van der Waals surface area contributed by atoms with E-state index in [0.29, 0.717) is 16.2 Å². The summed E-state index contributed by atoms with van der Waals surface area (Å²) in [5, 5.41) is 14.2. The Morgan fingerprint density at radius 3 is 2.52 bits per heavy atom. The quantitative estimate of drug-likeness (QED) is 0.216. The molecule has 0 aliphatic heterocycles. The molecule has 0 saturated carbocycles. The van der Waals surface area contributed by atoms with Crippen LogP contribution in [-0.4, -0.2) is 24.1 Å². The lowest BCUT2D eigenvalue weighted by molar-refractivity contribution is 0.0699. The number of carboxylic acids is 1. The molecule has 1 aromatic heterocycles. The van der Waals surface area contributed by atoms with Gasteiger partial charge in [0.05, 0.1) is 30.4 Å². The van der Waals surface area contributed by atoms with Gasteiger partial charge in [0.15, 0.2) is 0 Å². The molecule has 1 heterocycles. The number of amides is 1. The molecule has 3 rings (SSSR count). The van der Waals surface area contributed by atoms with Crippen molar-refractivity contribution in [3.63, 3.8) is 0 Å². The maximum Gasteiger partial charge on any atom is 0.339 e. The van der Waals surface area contributed by atoms with Crippen molar-refractivity contribution in [2.45, 2.75) is 0 Å². The molecule has 2 aromatic carbocycles. The lowest BCUT2D eigenvalue weighted by Gasteiger charge is -2.13. The van der Waals surface area contributed by atoms with Gasteiger partial charge in [-0.15, -0.1) is 11.3 Å². The van der Waals surface area contributed by atoms with Gasteiger partial charge in [0.1, 0.15) is 11.3 Å². The average molecular weight is 810 g/mol. The van der Waals surface area contributed by atoms with E-state index < -0.39 is 5.97 Å². The van der Waals surface area contributed by atoms with E-state index in [4.69, 9.17) is 4.74 Å². The van der Waals surface area contributed by atoms with Gasteiger partial charge in [-0.1, -0.05) is 28.1 Å². The molecular weight excluding hydrogens is 799 g/mol. The minimum atomic E-state index is -1.09. The number of thiophene rings is 1. The fourth-order valence-corrected chi connectivity index (χ4v) is 6.78. The van der Waals surface area contributed by atoms with Crippen LogP contribution in [0.4, 0.5) is 5.69 Å². The van der Waals surface area contributed by atoms with E-state index in [9.17, 15) is 14.7 Å². The molecule has 150 valence electrons. The third-order valence-electron chi connectivity index (χ3n) is 3.91. The summed E-state index contributed by atoms with van der Waals surface area (Å²) in [5.41, 5.74) is 1.59. The third-order valence-corrected chi connectivity index (χ3v) is 9.41. The molecule has 0 aliphatic carbocycles. The Hall–Kier alpha value is -0.450. The van der Waals surface area contributed by atoms with Gasteiger partial charge in [-0.3, -0.25) is 4.79 Å². The summed E-state index contributed by atoms with van der Waals surface area (Å²) >= 11 is 11.0. The topological polar surface area (TPSA) is 75.6 Å². The Balaban J connectivity index is 2.01. The first-order valence-corrected chi connectivity index (χ1v) is 12.8. The lowest BCUT2D eigenvalue weighted by atomic mass is 10.1. The zero-order valence-electron chi connectivity index (χ0n) is 14.6. The second kappa shape index (κ2) is 9.78. The summed E-state index contributed by atoms with van der Waals surface area (Å²) in [5.74, 6) is -0.745. The summed E-state index contributed by atoms with van der Waals surface area (Å²) in [4.78, 5) is 25.5. The number of hydrogen-bond donors (Lipinski definition) is 2. The number of carbonyl (C=O) groups is 2. The predicted molar refractivity (Wildman–Crippen MR) is 144 cm³/mol. The normalized spacial score (nSPS) is 10.7. The second-order valence-electron chi connectivity index (χ2n) is 5.69. The van der Waals surface area contributed by atoms with Gasteiger partial charge in [0, 0.05) is 13.4 Å². The molecular formula is C19H11BrI3NO4S. The highest BCUT2D eigenvalue weighted by Crippen LogP contribution is 2.38. The van der Waals surface area contributed by atoms with Gasteiger partial charge in [-0.25, -0.2) is 4.79 Å². The van der Waals surface area contributed by atoms with Gasteiger partial charge in [-0.2, -0.15) is 0 Å². The largest absolute Gasteiger partial charge is 0.494 e. The first-order valence-electron chi connectivity index (χ1n) is 7.88. The smallest absolute Gasteiger partial charge is 0.339 e. The van der Waals surface area contributed by atoms with Crippen molar-refractivity contribution in [1.82, 2.24) is 0 Å². The Morgan fingerprint density at radius 1 is 1.17 bits per heavy atom. The van der Waals surface area contributed by atoms with E-state index in [1.807, 2.05) is 24.3 Å². The molecule has 10 heteroatoms. The van der Waals surface area contributed by atoms with Crippen molar-refractivity contribution in [3.8, 4) is 16.2 Å². The van der Waals surface area contributed by atoms with E-state index in [2.05, 4.69) is 89.0 Å². The van der Waals surface area contributed by atoms with Crippen LogP contribution in [-0.2, 0) is 0 Å². The van der Waals surface area contributed by atoms with Crippen LogP contribution in [0.25, 0.3) is 10.4 Å². The second-order valence-corrected chi connectivity index (χ2v) is 10.8. The molecule has 3 aromatic rings. The number of carboxylic acid groups (broad SMARTS) is 1. The van der Waals surface area contributed by atoms with Crippen molar-refractivity contribution in [3.05, 3.63) is 62.0 Å². The Labute approximate surface area is 220 Å². The third kappa shape index (κ3) is 4.91. The van der Waals surface area contributed by atoms with Crippen LogP contribution in [0.1, 0.15) is 20.7 Å². The monoisotopic (exact) mass is 809 g/mol. The predicted octanol–water partition coefficient (Wildman–Crippen LogP) is 6.95. The van der Waals surface area contributed by atoms with Crippen molar-refractivity contribution in [2.75, 3.05) is 12.4 Å². The molecule has 0 unspecified atom stereocenters. The average Bonchev–Trinajstić information content (AvgIpc) is 3.09. The van der Waals surface area contributed by atoms with Gasteiger partial charge in [0.2, 0.25) is 0 Å². The SMILES string of the molecule is COc1c(I)cc(C(=O)Nc2csc(-c3cccc(Br)c3)c2C(=O)O)c(I)c1I. The number of aromatic carboxylic acids is 1. The standard InChI is InChI=1S/C19H11BrI3NO4S/c1-28-16-11(21)6-10(14(22)15(16)23)18(25)24-12-7-29-17(13(12)19(26)27)8-3-2-4-9(20)5-8/h2-7H,1H3,(H,24,25)(H,26,27). The zero-order valence-corrected chi connectivity index (χ0v) is 23.4. The summed E-state index contributed by atoms with van der Waals surface area (Å²) < 4.78 is 8.63. The van der Waals surface area contributed by atoms with Crippen LogP contribution in [0.5, 0.6) is 5.75 Å². The van der Waals surface area contributed by atoms with Crippen LogP contribution in [0, 0.1) is 10.7 Å². The number of methoxy groups -OCH3 is 1. The van der Waals surface area contributed by atoms with E-state index >= 15 is 0 Å². The molecule has 0 aliphatic rings. The van der Waals surface area contributed by atoms with Gasteiger partial charge in [-0.05, 0) is 91.5 Å². The van der Waals surface area contributed by atoms with Crippen LogP contribution in [0.15, 0.2) is 40.2 Å². The molecule has 5 nitrogen and oxygen atoms in total.